The fraction of sp³-hybridized carbons (Fsp3) is 0.125. The molecule has 3 aromatic carbocycles. The first kappa shape index (κ1) is 22.1. The van der Waals surface area contributed by atoms with Gasteiger partial charge < -0.3 is 15.4 Å². The van der Waals surface area contributed by atoms with Crippen molar-refractivity contribution in [1.29, 1.82) is 0 Å². The fourth-order valence-electron chi connectivity index (χ4n) is 2.94. The molecule has 0 fully saturated rings. The molecule has 0 bridgehead atoms. The Morgan fingerprint density at radius 2 is 1.48 bits per heavy atom. The van der Waals surface area contributed by atoms with Gasteiger partial charge in [0.05, 0.1) is 18.4 Å². The number of ether oxygens (including phenoxy) is 1. The number of rotatable bonds is 7. The highest BCUT2D eigenvalue weighted by Crippen LogP contribution is 2.37. The molecule has 0 aliphatic rings. The standard InChI is InChI=1S/C24H22N2O4S/c1-16(27)25-18-12-14-19(15-13-18)31-22(17-8-4-3-5-9-17)23(28)26-21-11-7-6-10-20(21)24(29)30-2/h3-15,22H,1-2H3,(H,25,27)(H,26,28). The second kappa shape index (κ2) is 10.4. The van der Waals surface area contributed by atoms with Crippen molar-refractivity contribution in [2.75, 3.05) is 17.7 Å². The van der Waals surface area contributed by atoms with Gasteiger partial charge in [-0.25, -0.2) is 4.79 Å². The van der Waals surface area contributed by atoms with Crippen molar-refractivity contribution < 1.29 is 19.1 Å². The summed E-state index contributed by atoms with van der Waals surface area (Å²) in [6.07, 6.45) is 0. The van der Waals surface area contributed by atoms with E-state index in [4.69, 9.17) is 4.74 Å². The second-order valence-electron chi connectivity index (χ2n) is 6.64. The van der Waals surface area contributed by atoms with Gasteiger partial charge >= 0.3 is 5.97 Å². The lowest BCUT2D eigenvalue weighted by Gasteiger charge is -2.18. The average molecular weight is 435 g/mol. The van der Waals surface area contributed by atoms with Crippen LogP contribution in [0.25, 0.3) is 0 Å². The van der Waals surface area contributed by atoms with Crippen molar-refractivity contribution >= 4 is 40.9 Å². The van der Waals surface area contributed by atoms with E-state index in [1.807, 2.05) is 42.5 Å². The SMILES string of the molecule is COC(=O)c1ccccc1NC(=O)C(Sc1ccc(NC(C)=O)cc1)c1ccccc1. The normalized spacial score (nSPS) is 11.3. The Labute approximate surface area is 185 Å². The maximum absolute atomic E-state index is 13.3. The third-order valence-corrected chi connectivity index (χ3v) is 5.63. The van der Waals surface area contributed by atoms with Crippen LogP contribution >= 0.6 is 11.8 Å². The van der Waals surface area contributed by atoms with E-state index in [1.165, 1.54) is 25.8 Å². The Morgan fingerprint density at radius 3 is 2.13 bits per heavy atom. The molecule has 0 saturated carbocycles. The molecule has 0 spiro atoms. The summed E-state index contributed by atoms with van der Waals surface area (Å²) < 4.78 is 4.81. The Morgan fingerprint density at radius 1 is 0.839 bits per heavy atom. The highest BCUT2D eigenvalue weighted by molar-refractivity contribution is 8.00. The number of thioether (sulfide) groups is 1. The molecule has 3 rings (SSSR count). The van der Waals surface area contributed by atoms with Gasteiger partial charge in [0.25, 0.3) is 0 Å². The Balaban J connectivity index is 1.86. The molecule has 0 radical (unpaired) electrons. The summed E-state index contributed by atoms with van der Waals surface area (Å²) in [5, 5.41) is 5.03. The number of esters is 1. The lowest BCUT2D eigenvalue weighted by molar-refractivity contribution is -0.116. The zero-order chi connectivity index (χ0) is 22.2. The van der Waals surface area contributed by atoms with Crippen LogP contribution in [0.3, 0.4) is 0 Å². The summed E-state index contributed by atoms with van der Waals surface area (Å²) in [4.78, 5) is 37.4. The highest BCUT2D eigenvalue weighted by Gasteiger charge is 2.24. The number of carbonyl (C=O) groups is 3. The van der Waals surface area contributed by atoms with Crippen molar-refractivity contribution in [2.24, 2.45) is 0 Å². The Hall–Kier alpha value is -3.58. The number of para-hydroxylation sites is 1. The third-order valence-electron chi connectivity index (χ3n) is 4.36. The molecule has 1 atom stereocenters. The van der Waals surface area contributed by atoms with Crippen LogP contribution in [-0.2, 0) is 14.3 Å². The van der Waals surface area contributed by atoms with Crippen molar-refractivity contribution in [3.05, 3.63) is 90.0 Å². The zero-order valence-electron chi connectivity index (χ0n) is 17.1. The molecule has 6 nitrogen and oxygen atoms in total. The van der Waals surface area contributed by atoms with Gasteiger partial charge in [0.15, 0.2) is 0 Å². The van der Waals surface area contributed by atoms with Gasteiger partial charge in [-0.2, -0.15) is 0 Å². The topological polar surface area (TPSA) is 84.5 Å². The molecular formula is C24H22N2O4S. The molecule has 0 aliphatic carbocycles. The van der Waals surface area contributed by atoms with E-state index in [1.54, 1.807) is 36.4 Å². The second-order valence-corrected chi connectivity index (χ2v) is 7.82. The lowest BCUT2D eigenvalue weighted by Crippen LogP contribution is -2.20. The summed E-state index contributed by atoms with van der Waals surface area (Å²) in [7, 11) is 1.30. The molecule has 0 heterocycles. The number of hydrogen-bond donors (Lipinski definition) is 2. The van der Waals surface area contributed by atoms with Crippen LogP contribution in [0.4, 0.5) is 11.4 Å². The van der Waals surface area contributed by atoms with Crippen LogP contribution in [0, 0.1) is 0 Å². The predicted octanol–water partition coefficient (Wildman–Crippen LogP) is 4.90. The first-order valence-corrected chi connectivity index (χ1v) is 10.4. The van der Waals surface area contributed by atoms with Gasteiger partial charge in [0.2, 0.25) is 11.8 Å². The van der Waals surface area contributed by atoms with Gasteiger partial charge in [0.1, 0.15) is 5.25 Å². The van der Waals surface area contributed by atoms with Gasteiger partial charge in [0, 0.05) is 17.5 Å². The maximum Gasteiger partial charge on any atom is 0.339 e. The minimum absolute atomic E-state index is 0.147. The number of anilines is 2. The molecule has 2 amide bonds. The molecule has 3 aromatic rings. The van der Waals surface area contributed by atoms with Crippen LogP contribution in [0.2, 0.25) is 0 Å². The molecule has 0 aromatic heterocycles. The van der Waals surface area contributed by atoms with Gasteiger partial charge in [-0.3, -0.25) is 9.59 Å². The van der Waals surface area contributed by atoms with Crippen LogP contribution in [0.5, 0.6) is 0 Å². The van der Waals surface area contributed by atoms with E-state index in [0.29, 0.717) is 11.4 Å². The fourth-order valence-corrected chi connectivity index (χ4v) is 3.96. The smallest absolute Gasteiger partial charge is 0.339 e. The highest BCUT2D eigenvalue weighted by atomic mass is 32.2. The summed E-state index contributed by atoms with van der Waals surface area (Å²) in [6.45, 7) is 1.45. The molecule has 7 heteroatoms. The van der Waals surface area contributed by atoms with Gasteiger partial charge in [-0.15, -0.1) is 11.8 Å². The van der Waals surface area contributed by atoms with Crippen LogP contribution < -0.4 is 10.6 Å². The number of benzene rings is 3. The van der Waals surface area contributed by atoms with Crippen LogP contribution in [0.15, 0.2) is 83.8 Å². The van der Waals surface area contributed by atoms with Crippen molar-refractivity contribution in [1.82, 2.24) is 0 Å². The van der Waals surface area contributed by atoms with E-state index in [0.717, 1.165) is 10.5 Å². The van der Waals surface area contributed by atoms with Crippen LogP contribution in [-0.4, -0.2) is 24.9 Å². The number of carbonyl (C=O) groups excluding carboxylic acids is 3. The molecule has 0 aliphatic heterocycles. The van der Waals surface area contributed by atoms with Crippen molar-refractivity contribution in [3.63, 3.8) is 0 Å². The monoisotopic (exact) mass is 434 g/mol. The molecule has 31 heavy (non-hydrogen) atoms. The number of amides is 2. The number of nitrogens with one attached hydrogen (secondary N) is 2. The summed E-state index contributed by atoms with van der Waals surface area (Å²) >= 11 is 1.38. The lowest BCUT2D eigenvalue weighted by atomic mass is 10.1. The average Bonchev–Trinajstić information content (AvgIpc) is 2.78. The van der Waals surface area contributed by atoms with Crippen molar-refractivity contribution in [3.8, 4) is 0 Å². The third kappa shape index (κ3) is 5.96. The summed E-state index contributed by atoms with van der Waals surface area (Å²) in [5.41, 5.74) is 2.19. The van der Waals surface area contributed by atoms with Gasteiger partial charge in [-0.05, 0) is 42.0 Å². The summed E-state index contributed by atoms with van der Waals surface area (Å²) in [5.74, 6) is -0.932. The quantitative estimate of drug-likeness (QED) is 0.408. The maximum atomic E-state index is 13.3. The van der Waals surface area contributed by atoms with Crippen LogP contribution in [0.1, 0.15) is 28.1 Å². The molecule has 158 valence electrons. The first-order valence-electron chi connectivity index (χ1n) is 9.55. The first-order chi connectivity index (χ1) is 15.0. The summed E-state index contributed by atoms with van der Waals surface area (Å²) in [6, 6.07) is 23.4. The molecule has 0 saturated heterocycles. The van der Waals surface area contributed by atoms with E-state index in [9.17, 15) is 14.4 Å². The molecule has 1 unspecified atom stereocenters. The minimum Gasteiger partial charge on any atom is -0.465 e. The van der Waals surface area contributed by atoms with E-state index in [2.05, 4.69) is 10.6 Å². The Bertz CT molecular complexity index is 1070. The molecule has 2 N–H and O–H groups in total. The minimum atomic E-state index is -0.557. The number of methoxy groups -OCH3 is 1. The largest absolute Gasteiger partial charge is 0.465 e. The van der Waals surface area contributed by atoms with E-state index >= 15 is 0 Å². The zero-order valence-corrected chi connectivity index (χ0v) is 17.9. The predicted molar refractivity (Wildman–Crippen MR) is 122 cm³/mol. The number of hydrogen-bond acceptors (Lipinski definition) is 5. The van der Waals surface area contributed by atoms with Gasteiger partial charge in [-0.1, -0.05) is 42.5 Å². The van der Waals surface area contributed by atoms with E-state index < -0.39 is 11.2 Å². The van der Waals surface area contributed by atoms with E-state index in [-0.39, 0.29) is 17.4 Å². The van der Waals surface area contributed by atoms with Crippen molar-refractivity contribution in [2.45, 2.75) is 17.1 Å². The molecular weight excluding hydrogens is 412 g/mol. The Kier molecular flexibility index (Phi) is 7.45.